The Morgan fingerprint density at radius 2 is 1.61 bits per heavy atom. The van der Waals surface area contributed by atoms with Crippen LogP contribution in [0.2, 0.25) is 5.02 Å². The van der Waals surface area contributed by atoms with E-state index >= 15 is 0 Å². The summed E-state index contributed by atoms with van der Waals surface area (Å²) in [5.74, 6) is -0.421. The molecule has 2 N–H and O–H groups in total. The van der Waals surface area contributed by atoms with Crippen molar-refractivity contribution in [1.82, 2.24) is 14.9 Å². The zero-order valence-electron chi connectivity index (χ0n) is 17.9. The Bertz CT molecular complexity index is 992. The molecule has 2 amide bonds. The third-order valence-corrected chi connectivity index (χ3v) is 6.69. The predicted octanol–water partition coefficient (Wildman–Crippen LogP) is 2.73. The molecule has 2 rings (SSSR count). The summed E-state index contributed by atoms with van der Waals surface area (Å²) in [5.41, 5.74) is 1.70. The van der Waals surface area contributed by atoms with E-state index in [1.807, 2.05) is 12.1 Å². The van der Waals surface area contributed by atoms with Gasteiger partial charge in [0.2, 0.25) is 21.8 Å². The smallest absolute Gasteiger partial charge is 0.242 e. The largest absolute Gasteiger partial charge is 0.357 e. The molecule has 1 unspecified atom stereocenters. The summed E-state index contributed by atoms with van der Waals surface area (Å²) in [6.45, 7) is 4.00. The van der Waals surface area contributed by atoms with Crippen LogP contribution in [-0.4, -0.2) is 44.8 Å². The molecule has 0 spiro atoms. The van der Waals surface area contributed by atoms with Gasteiger partial charge in [0.1, 0.15) is 6.04 Å². The zero-order chi connectivity index (χ0) is 23.0. The number of rotatable bonds is 10. The Balaban J connectivity index is 2.10. The summed E-state index contributed by atoms with van der Waals surface area (Å²) in [7, 11) is -1.98. The summed E-state index contributed by atoms with van der Waals surface area (Å²) in [6, 6.07) is 12.9. The van der Waals surface area contributed by atoms with Gasteiger partial charge in [-0.2, -0.15) is 0 Å². The second kappa shape index (κ2) is 11.3. The fraction of sp³-hybridized carbons (Fsp3) is 0.364. The molecule has 2 aromatic carbocycles. The van der Waals surface area contributed by atoms with Crippen LogP contribution >= 0.6 is 11.6 Å². The van der Waals surface area contributed by atoms with Crippen LogP contribution in [0.4, 0.5) is 0 Å². The number of likely N-dealkylation sites (N-methyl/N-ethyl adjacent to an activating group) is 1. The SMILES string of the molecule is CCNS(=O)(=O)c1ccc(CCC(=O)N(Cc2ccc(Cl)cc2)C(C)C(=O)NC)cc1. The Labute approximate surface area is 188 Å². The first-order valence-corrected chi connectivity index (χ1v) is 11.9. The minimum Gasteiger partial charge on any atom is -0.357 e. The van der Waals surface area contributed by atoms with Gasteiger partial charge in [0.15, 0.2) is 0 Å². The van der Waals surface area contributed by atoms with E-state index in [9.17, 15) is 18.0 Å². The number of carbonyl (C=O) groups excluding carboxylic acids is 2. The highest BCUT2D eigenvalue weighted by Gasteiger charge is 2.25. The molecule has 0 bridgehead atoms. The van der Waals surface area contributed by atoms with Crippen LogP contribution < -0.4 is 10.0 Å². The van der Waals surface area contributed by atoms with Gasteiger partial charge in [-0.3, -0.25) is 9.59 Å². The van der Waals surface area contributed by atoms with Crippen molar-refractivity contribution in [3.8, 4) is 0 Å². The van der Waals surface area contributed by atoms with Crippen molar-refractivity contribution in [1.29, 1.82) is 0 Å². The van der Waals surface area contributed by atoms with Gasteiger partial charge in [-0.25, -0.2) is 13.1 Å². The molecule has 31 heavy (non-hydrogen) atoms. The van der Waals surface area contributed by atoms with E-state index in [4.69, 9.17) is 11.6 Å². The van der Waals surface area contributed by atoms with Crippen LogP contribution in [0.15, 0.2) is 53.4 Å². The molecule has 0 fully saturated rings. The maximum Gasteiger partial charge on any atom is 0.242 e. The van der Waals surface area contributed by atoms with Gasteiger partial charge < -0.3 is 10.2 Å². The molecule has 9 heteroatoms. The van der Waals surface area contributed by atoms with E-state index in [0.29, 0.717) is 18.0 Å². The number of nitrogens with zero attached hydrogens (tertiary/aromatic N) is 1. The first-order chi connectivity index (χ1) is 14.7. The fourth-order valence-electron chi connectivity index (χ4n) is 3.08. The van der Waals surface area contributed by atoms with Gasteiger partial charge in [-0.15, -0.1) is 0 Å². The van der Waals surface area contributed by atoms with Crippen LogP contribution in [0.3, 0.4) is 0 Å². The second-order valence-electron chi connectivity index (χ2n) is 7.08. The Morgan fingerprint density at radius 3 is 2.16 bits per heavy atom. The molecular formula is C22H28ClN3O4S. The topological polar surface area (TPSA) is 95.6 Å². The Kier molecular flexibility index (Phi) is 9.03. The van der Waals surface area contributed by atoms with Gasteiger partial charge >= 0.3 is 0 Å². The molecule has 1 atom stereocenters. The van der Waals surface area contributed by atoms with Gasteiger partial charge in [-0.1, -0.05) is 42.8 Å². The van der Waals surface area contributed by atoms with Crippen molar-refractivity contribution in [2.24, 2.45) is 0 Å². The lowest BCUT2D eigenvalue weighted by Crippen LogP contribution is -2.46. The van der Waals surface area contributed by atoms with Crippen LogP contribution in [0.5, 0.6) is 0 Å². The standard InChI is InChI=1S/C22H28ClN3O4S/c1-4-25-31(29,30)20-12-7-17(8-13-20)9-14-21(27)26(16(2)22(28)24-3)15-18-5-10-19(23)11-6-18/h5-8,10-13,16,25H,4,9,14-15H2,1-3H3,(H,24,28). The summed E-state index contributed by atoms with van der Waals surface area (Å²) in [6.07, 6.45) is 0.617. The van der Waals surface area contributed by atoms with Crippen LogP contribution in [0, 0.1) is 0 Å². The van der Waals surface area contributed by atoms with Gasteiger partial charge in [0.05, 0.1) is 4.90 Å². The summed E-state index contributed by atoms with van der Waals surface area (Å²) in [4.78, 5) is 26.9. The van der Waals surface area contributed by atoms with Crippen molar-refractivity contribution in [2.75, 3.05) is 13.6 Å². The summed E-state index contributed by atoms with van der Waals surface area (Å²) in [5, 5.41) is 3.18. The highest BCUT2D eigenvalue weighted by Crippen LogP contribution is 2.16. The first-order valence-electron chi connectivity index (χ1n) is 10.0. The highest BCUT2D eigenvalue weighted by atomic mass is 35.5. The number of halogens is 1. The molecule has 0 aliphatic rings. The van der Waals surface area contributed by atoms with Crippen molar-refractivity contribution >= 4 is 33.4 Å². The quantitative estimate of drug-likeness (QED) is 0.564. The molecule has 0 radical (unpaired) electrons. The van der Waals surface area contributed by atoms with Gasteiger partial charge in [0, 0.05) is 31.6 Å². The molecular weight excluding hydrogens is 438 g/mol. The number of amides is 2. The van der Waals surface area contributed by atoms with Crippen LogP contribution in [-0.2, 0) is 32.6 Å². The van der Waals surface area contributed by atoms with Gasteiger partial charge in [0.25, 0.3) is 0 Å². The highest BCUT2D eigenvalue weighted by molar-refractivity contribution is 7.89. The molecule has 0 aromatic heterocycles. The predicted molar refractivity (Wildman–Crippen MR) is 121 cm³/mol. The number of sulfonamides is 1. The number of carbonyl (C=O) groups is 2. The zero-order valence-corrected chi connectivity index (χ0v) is 19.5. The second-order valence-corrected chi connectivity index (χ2v) is 9.29. The Hall–Kier alpha value is -2.42. The average Bonchev–Trinajstić information content (AvgIpc) is 2.76. The number of hydrogen-bond donors (Lipinski definition) is 2. The maximum atomic E-state index is 13.0. The minimum absolute atomic E-state index is 0.171. The molecule has 0 heterocycles. The van der Waals surface area contributed by atoms with E-state index in [1.54, 1.807) is 38.1 Å². The molecule has 168 valence electrons. The third-order valence-electron chi connectivity index (χ3n) is 4.88. The molecule has 7 nitrogen and oxygen atoms in total. The monoisotopic (exact) mass is 465 g/mol. The summed E-state index contributed by atoms with van der Waals surface area (Å²) >= 11 is 5.93. The average molecular weight is 466 g/mol. The minimum atomic E-state index is -3.51. The Morgan fingerprint density at radius 1 is 1.03 bits per heavy atom. The summed E-state index contributed by atoms with van der Waals surface area (Å²) < 4.78 is 26.5. The van der Waals surface area contributed by atoms with E-state index < -0.39 is 16.1 Å². The van der Waals surface area contributed by atoms with Crippen molar-refractivity contribution < 1.29 is 18.0 Å². The van der Waals surface area contributed by atoms with Crippen molar-refractivity contribution in [2.45, 2.75) is 44.2 Å². The number of nitrogens with one attached hydrogen (secondary N) is 2. The molecule has 0 aliphatic carbocycles. The maximum absolute atomic E-state index is 13.0. The van der Waals surface area contributed by atoms with Crippen molar-refractivity contribution in [3.63, 3.8) is 0 Å². The van der Waals surface area contributed by atoms with Crippen LogP contribution in [0.25, 0.3) is 0 Å². The van der Waals surface area contributed by atoms with E-state index in [1.165, 1.54) is 24.1 Å². The first kappa shape index (κ1) is 24.8. The van der Waals surface area contributed by atoms with E-state index in [0.717, 1.165) is 11.1 Å². The molecule has 0 saturated carbocycles. The molecule has 0 saturated heterocycles. The lowest BCUT2D eigenvalue weighted by atomic mass is 10.1. The number of aryl methyl sites for hydroxylation is 1. The molecule has 0 aliphatic heterocycles. The lowest BCUT2D eigenvalue weighted by Gasteiger charge is -2.28. The van der Waals surface area contributed by atoms with Crippen LogP contribution in [0.1, 0.15) is 31.4 Å². The van der Waals surface area contributed by atoms with Crippen molar-refractivity contribution in [3.05, 3.63) is 64.7 Å². The van der Waals surface area contributed by atoms with E-state index in [2.05, 4.69) is 10.0 Å². The molecule has 2 aromatic rings. The fourth-order valence-corrected chi connectivity index (χ4v) is 4.25. The van der Waals surface area contributed by atoms with Gasteiger partial charge in [-0.05, 0) is 48.7 Å². The lowest BCUT2D eigenvalue weighted by molar-refractivity contribution is -0.140. The normalized spacial score (nSPS) is 12.3. The number of hydrogen-bond acceptors (Lipinski definition) is 4. The van der Waals surface area contributed by atoms with E-state index in [-0.39, 0.29) is 29.7 Å². The number of benzene rings is 2. The third kappa shape index (κ3) is 7.05.